The van der Waals surface area contributed by atoms with E-state index in [0.717, 1.165) is 25.3 Å². The van der Waals surface area contributed by atoms with Crippen molar-refractivity contribution in [2.24, 2.45) is 11.8 Å². The average molecular weight is 283 g/mol. The minimum absolute atomic E-state index is 0.0910. The third-order valence-corrected chi connectivity index (χ3v) is 4.09. The van der Waals surface area contributed by atoms with Crippen LogP contribution in [0, 0.1) is 30.4 Å². The smallest absolute Gasteiger partial charge is 0.257 e. The summed E-state index contributed by atoms with van der Waals surface area (Å²) in [5, 5.41) is 11.8. The van der Waals surface area contributed by atoms with E-state index in [2.05, 4.69) is 5.32 Å². The number of halogens is 2. The third-order valence-electron chi connectivity index (χ3n) is 4.09. The van der Waals surface area contributed by atoms with Crippen LogP contribution in [-0.2, 0) is 0 Å². The summed E-state index contributed by atoms with van der Waals surface area (Å²) in [6, 6.07) is 2.40. The van der Waals surface area contributed by atoms with Gasteiger partial charge in [0.1, 0.15) is 17.2 Å². The lowest BCUT2D eigenvalue weighted by atomic mass is 9.97. The molecular weight excluding hydrogens is 264 g/mol. The van der Waals surface area contributed by atoms with Crippen molar-refractivity contribution in [1.82, 2.24) is 5.32 Å². The predicted octanol–water partition coefficient (Wildman–Crippen LogP) is 2.41. The van der Waals surface area contributed by atoms with E-state index in [0.29, 0.717) is 6.54 Å². The van der Waals surface area contributed by atoms with E-state index >= 15 is 0 Å². The minimum Gasteiger partial charge on any atom is -0.396 e. The first-order valence-electron chi connectivity index (χ1n) is 6.88. The normalized spacial score (nSPS) is 22.0. The fourth-order valence-electron chi connectivity index (χ4n) is 2.80. The fourth-order valence-corrected chi connectivity index (χ4v) is 2.80. The molecule has 5 heteroatoms. The van der Waals surface area contributed by atoms with Gasteiger partial charge in [-0.2, -0.15) is 0 Å². The molecule has 2 N–H and O–H groups in total. The van der Waals surface area contributed by atoms with Crippen molar-refractivity contribution in [3.05, 3.63) is 34.9 Å². The zero-order valence-corrected chi connectivity index (χ0v) is 11.5. The Morgan fingerprint density at radius 3 is 2.75 bits per heavy atom. The number of carbonyl (C=O) groups excluding carboxylic acids is 1. The number of amides is 1. The van der Waals surface area contributed by atoms with E-state index in [1.54, 1.807) is 0 Å². The Balaban J connectivity index is 2.04. The molecule has 0 aliphatic heterocycles. The molecule has 1 amide bonds. The maximum absolute atomic E-state index is 13.8. The van der Waals surface area contributed by atoms with Crippen molar-refractivity contribution in [3.8, 4) is 0 Å². The Kier molecular flexibility index (Phi) is 4.70. The second-order valence-electron chi connectivity index (χ2n) is 5.40. The van der Waals surface area contributed by atoms with E-state index in [1.807, 2.05) is 0 Å². The lowest BCUT2D eigenvalue weighted by molar-refractivity contribution is 0.0929. The summed E-state index contributed by atoms with van der Waals surface area (Å²) in [4.78, 5) is 11.9. The number of aliphatic hydroxyl groups excluding tert-OH is 1. The molecule has 0 aromatic heterocycles. The van der Waals surface area contributed by atoms with Gasteiger partial charge in [0, 0.05) is 13.2 Å². The molecule has 110 valence electrons. The predicted molar refractivity (Wildman–Crippen MR) is 71.3 cm³/mol. The van der Waals surface area contributed by atoms with Crippen LogP contribution in [0.1, 0.15) is 35.2 Å². The number of hydrogen-bond donors (Lipinski definition) is 2. The summed E-state index contributed by atoms with van der Waals surface area (Å²) in [7, 11) is 0. The summed E-state index contributed by atoms with van der Waals surface area (Å²) in [5.74, 6) is -2.04. The van der Waals surface area contributed by atoms with Gasteiger partial charge >= 0.3 is 0 Å². The van der Waals surface area contributed by atoms with E-state index in [4.69, 9.17) is 0 Å². The summed E-state index contributed by atoms with van der Waals surface area (Å²) in [5.41, 5.74) is -0.283. The summed E-state index contributed by atoms with van der Waals surface area (Å²) < 4.78 is 27.4. The van der Waals surface area contributed by atoms with Crippen LogP contribution in [-0.4, -0.2) is 24.2 Å². The molecule has 2 rings (SSSR count). The molecule has 0 heterocycles. The molecule has 1 saturated carbocycles. The lowest BCUT2D eigenvalue weighted by Crippen LogP contribution is -2.32. The minimum atomic E-state index is -0.851. The molecule has 20 heavy (non-hydrogen) atoms. The Labute approximate surface area is 117 Å². The largest absolute Gasteiger partial charge is 0.396 e. The highest BCUT2D eigenvalue weighted by atomic mass is 19.1. The van der Waals surface area contributed by atoms with Gasteiger partial charge in [0.15, 0.2) is 0 Å². The first kappa shape index (κ1) is 14.9. The second kappa shape index (κ2) is 6.31. The topological polar surface area (TPSA) is 49.3 Å². The van der Waals surface area contributed by atoms with Crippen LogP contribution < -0.4 is 5.32 Å². The molecule has 2 unspecified atom stereocenters. The van der Waals surface area contributed by atoms with Crippen LogP contribution in [0.3, 0.4) is 0 Å². The first-order chi connectivity index (χ1) is 9.54. The zero-order valence-electron chi connectivity index (χ0n) is 11.5. The quantitative estimate of drug-likeness (QED) is 0.891. The van der Waals surface area contributed by atoms with Crippen molar-refractivity contribution in [2.45, 2.75) is 26.2 Å². The van der Waals surface area contributed by atoms with Gasteiger partial charge in [0.2, 0.25) is 0 Å². The SMILES string of the molecule is Cc1ccc(F)c(C(=O)NCC2CCCC2CO)c1F. The lowest BCUT2D eigenvalue weighted by Gasteiger charge is -2.18. The Morgan fingerprint density at radius 2 is 2.05 bits per heavy atom. The number of aryl methyl sites for hydroxylation is 1. The van der Waals surface area contributed by atoms with Gasteiger partial charge in [-0.15, -0.1) is 0 Å². The summed E-state index contributed by atoms with van der Waals surface area (Å²) >= 11 is 0. The highest BCUT2D eigenvalue weighted by Gasteiger charge is 2.27. The van der Waals surface area contributed by atoms with Gasteiger partial charge in [0.05, 0.1) is 0 Å². The molecule has 0 saturated heterocycles. The van der Waals surface area contributed by atoms with E-state index < -0.39 is 23.1 Å². The van der Waals surface area contributed by atoms with E-state index in [-0.39, 0.29) is 24.0 Å². The second-order valence-corrected chi connectivity index (χ2v) is 5.40. The van der Waals surface area contributed by atoms with Crippen molar-refractivity contribution >= 4 is 5.91 Å². The molecule has 1 aromatic rings. The van der Waals surface area contributed by atoms with Gasteiger partial charge in [-0.3, -0.25) is 4.79 Å². The van der Waals surface area contributed by atoms with Crippen molar-refractivity contribution in [1.29, 1.82) is 0 Å². The van der Waals surface area contributed by atoms with E-state index in [9.17, 15) is 18.7 Å². The molecule has 0 radical (unpaired) electrons. The molecular formula is C15H19F2NO2. The monoisotopic (exact) mass is 283 g/mol. The molecule has 1 aromatic carbocycles. The average Bonchev–Trinajstić information content (AvgIpc) is 2.88. The molecule has 1 fully saturated rings. The van der Waals surface area contributed by atoms with Crippen LogP contribution in [0.25, 0.3) is 0 Å². The molecule has 3 nitrogen and oxygen atoms in total. The summed E-state index contributed by atoms with van der Waals surface area (Å²) in [6.45, 7) is 1.93. The molecule has 2 atom stereocenters. The standard InChI is InChI=1S/C15H19F2NO2/c1-9-5-6-12(16)13(14(9)17)15(20)18-7-10-3-2-4-11(10)8-19/h5-6,10-11,19H,2-4,7-8H2,1H3,(H,18,20). The first-order valence-corrected chi connectivity index (χ1v) is 6.88. The molecule has 0 spiro atoms. The molecule has 1 aliphatic carbocycles. The number of nitrogens with one attached hydrogen (secondary N) is 1. The van der Waals surface area contributed by atoms with Crippen LogP contribution in [0.2, 0.25) is 0 Å². The number of rotatable bonds is 4. The van der Waals surface area contributed by atoms with Crippen molar-refractivity contribution in [3.63, 3.8) is 0 Å². The van der Waals surface area contributed by atoms with Gasteiger partial charge in [0.25, 0.3) is 5.91 Å². The third kappa shape index (κ3) is 2.98. The maximum atomic E-state index is 13.8. The van der Waals surface area contributed by atoms with Gasteiger partial charge < -0.3 is 10.4 Å². The molecule has 1 aliphatic rings. The van der Waals surface area contributed by atoms with Crippen LogP contribution >= 0.6 is 0 Å². The number of aliphatic hydroxyl groups is 1. The van der Waals surface area contributed by atoms with Gasteiger partial charge in [-0.1, -0.05) is 12.5 Å². The Morgan fingerprint density at radius 1 is 1.35 bits per heavy atom. The van der Waals surface area contributed by atoms with Crippen LogP contribution in [0.4, 0.5) is 8.78 Å². The molecule has 0 bridgehead atoms. The highest BCUT2D eigenvalue weighted by Crippen LogP contribution is 2.30. The van der Waals surface area contributed by atoms with Crippen LogP contribution in [0.5, 0.6) is 0 Å². The fraction of sp³-hybridized carbons (Fsp3) is 0.533. The summed E-state index contributed by atoms with van der Waals surface area (Å²) in [6.07, 6.45) is 2.87. The Bertz CT molecular complexity index is 505. The Hall–Kier alpha value is -1.49. The zero-order chi connectivity index (χ0) is 14.7. The maximum Gasteiger partial charge on any atom is 0.257 e. The number of hydrogen-bond acceptors (Lipinski definition) is 2. The van der Waals surface area contributed by atoms with Gasteiger partial charge in [-0.05, 0) is 43.2 Å². The highest BCUT2D eigenvalue weighted by molar-refractivity contribution is 5.94. The van der Waals surface area contributed by atoms with Gasteiger partial charge in [-0.25, -0.2) is 8.78 Å². The van der Waals surface area contributed by atoms with Crippen molar-refractivity contribution < 1.29 is 18.7 Å². The van der Waals surface area contributed by atoms with Crippen molar-refractivity contribution in [2.75, 3.05) is 13.2 Å². The number of benzene rings is 1. The van der Waals surface area contributed by atoms with E-state index in [1.165, 1.54) is 13.0 Å². The van der Waals surface area contributed by atoms with Crippen LogP contribution in [0.15, 0.2) is 12.1 Å². The number of carbonyl (C=O) groups is 1.